The lowest BCUT2D eigenvalue weighted by atomic mass is 9.86. The molecule has 30 heavy (non-hydrogen) atoms. The molecule has 0 bridgehead atoms. The SMILES string of the molecule is O=C(NC1CCC(C(=O)O)CC1)c1cc(-c2cccnc2)nc2onc(C3CC3)c12. The van der Waals surface area contributed by atoms with Crippen LogP contribution < -0.4 is 5.32 Å². The van der Waals surface area contributed by atoms with E-state index in [2.05, 4.69) is 20.4 Å². The highest BCUT2D eigenvalue weighted by Crippen LogP contribution is 2.43. The molecular weight excluding hydrogens is 384 g/mol. The van der Waals surface area contributed by atoms with Crippen molar-refractivity contribution in [2.45, 2.75) is 50.5 Å². The van der Waals surface area contributed by atoms with Gasteiger partial charge in [0.1, 0.15) is 0 Å². The fourth-order valence-electron chi connectivity index (χ4n) is 4.20. The Balaban J connectivity index is 1.48. The number of nitrogens with one attached hydrogen (secondary N) is 1. The number of rotatable bonds is 5. The number of nitrogens with zero attached hydrogens (tertiary/aromatic N) is 3. The van der Waals surface area contributed by atoms with Crippen molar-refractivity contribution in [3.05, 3.63) is 41.9 Å². The van der Waals surface area contributed by atoms with E-state index in [9.17, 15) is 14.7 Å². The molecule has 1 amide bonds. The fraction of sp³-hybridized carbons (Fsp3) is 0.409. The van der Waals surface area contributed by atoms with Gasteiger partial charge in [-0.25, -0.2) is 4.98 Å². The predicted molar refractivity (Wildman–Crippen MR) is 108 cm³/mol. The average Bonchev–Trinajstić information content (AvgIpc) is 3.52. The maximum Gasteiger partial charge on any atom is 0.306 e. The van der Waals surface area contributed by atoms with Gasteiger partial charge in [-0.15, -0.1) is 0 Å². The Kier molecular flexibility index (Phi) is 4.69. The van der Waals surface area contributed by atoms with Crippen molar-refractivity contribution in [2.24, 2.45) is 5.92 Å². The minimum absolute atomic E-state index is 0.0395. The van der Waals surface area contributed by atoms with E-state index in [0.717, 1.165) is 24.1 Å². The van der Waals surface area contributed by atoms with Gasteiger partial charge in [0.15, 0.2) is 0 Å². The molecule has 3 heterocycles. The van der Waals surface area contributed by atoms with E-state index in [1.807, 2.05) is 12.1 Å². The lowest BCUT2D eigenvalue weighted by Crippen LogP contribution is -2.38. The van der Waals surface area contributed by atoms with Gasteiger partial charge >= 0.3 is 5.97 Å². The highest BCUT2D eigenvalue weighted by atomic mass is 16.5. The van der Waals surface area contributed by atoms with Gasteiger partial charge in [-0.1, -0.05) is 5.16 Å². The Morgan fingerprint density at radius 1 is 1.13 bits per heavy atom. The van der Waals surface area contributed by atoms with Crippen LogP contribution in [0.2, 0.25) is 0 Å². The van der Waals surface area contributed by atoms with E-state index in [-0.39, 0.29) is 17.9 Å². The topological polar surface area (TPSA) is 118 Å². The second-order valence-corrected chi connectivity index (χ2v) is 8.18. The van der Waals surface area contributed by atoms with Crippen LogP contribution in [0.5, 0.6) is 0 Å². The van der Waals surface area contributed by atoms with Gasteiger partial charge in [0.2, 0.25) is 0 Å². The molecule has 0 aliphatic heterocycles. The first-order chi connectivity index (χ1) is 14.6. The third-order valence-corrected chi connectivity index (χ3v) is 6.05. The predicted octanol–water partition coefficient (Wildman–Crippen LogP) is 3.54. The van der Waals surface area contributed by atoms with Gasteiger partial charge in [-0.3, -0.25) is 14.6 Å². The van der Waals surface area contributed by atoms with Crippen molar-refractivity contribution in [1.29, 1.82) is 0 Å². The zero-order valence-electron chi connectivity index (χ0n) is 16.4. The summed E-state index contributed by atoms with van der Waals surface area (Å²) >= 11 is 0. The maximum atomic E-state index is 13.3. The first-order valence-electron chi connectivity index (χ1n) is 10.3. The molecule has 3 aromatic rings. The maximum absolute atomic E-state index is 13.3. The summed E-state index contributed by atoms with van der Waals surface area (Å²) in [5.74, 6) is -0.955. The highest BCUT2D eigenvalue weighted by Gasteiger charge is 2.33. The highest BCUT2D eigenvalue weighted by molar-refractivity contribution is 6.07. The molecular formula is C22H22N4O4. The molecule has 2 saturated carbocycles. The smallest absolute Gasteiger partial charge is 0.306 e. The molecule has 8 nitrogen and oxygen atoms in total. The molecule has 8 heteroatoms. The molecule has 3 aromatic heterocycles. The average molecular weight is 406 g/mol. The number of carbonyl (C=O) groups excluding carboxylic acids is 1. The summed E-state index contributed by atoms with van der Waals surface area (Å²) in [6.45, 7) is 0. The molecule has 2 aliphatic carbocycles. The van der Waals surface area contributed by atoms with Crippen LogP contribution in [-0.2, 0) is 4.79 Å². The number of amides is 1. The van der Waals surface area contributed by atoms with Crippen LogP contribution in [0.3, 0.4) is 0 Å². The summed E-state index contributed by atoms with van der Waals surface area (Å²) in [4.78, 5) is 33.2. The van der Waals surface area contributed by atoms with Crippen molar-refractivity contribution in [3.8, 4) is 11.3 Å². The summed E-state index contributed by atoms with van der Waals surface area (Å²) in [5.41, 5.74) is 3.06. The number of carbonyl (C=O) groups is 2. The Bertz CT molecular complexity index is 1100. The van der Waals surface area contributed by atoms with E-state index in [4.69, 9.17) is 4.52 Å². The molecule has 0 atom stereocenters. The minimum Gasteiger partial charge on any atom is -0.481 e. The number of hydrogen-bond acceptors (Lipinski definition) is 6. The van der Waals surface area contributed by atoms with Crippen molar-refractivity contribution in [2.75, 3.05) is 0 Å². The van der Waals surface area contributed by atoms with Gasteiger partial charge in [-0.2, -0.15) is 0 Å². The number of hydrogen-bond donors (Lipinski definition) is 2. The summed E-state index contributed by atoms with van der Waals surface area (Å²) in [6.07, 6.45) is 7.92. The number of fused-ring (bicyclic) bond motifs is 1. The molecule has 2 aliphatic rings. The Morgan fingerprint density at radius 3 is 2.60 bits per heavy atom. The first kappa shape index (κ1) is 18.7. The van der Waals surface area contributed by atoms with Crippen LogP contribution in [0.15, 0.2) is 35.1 Å². The Morgan fingerprint density at radius 2 is 1.93 bits per heavy atom. The molecule has 154 valence electrons. The van der Waals surface area contributed by atoms with Crippen LogP contribution >= 0.6 is 0 Å². The summed E-state index contributed by atoms with van der Waals surface area (Å²) in [5, 5.41) is 17.2. The first-order valence-corrected chi connectivity index (χ1v) is 10.3. The number of pyridine rings is 2. The van der Waals surface area contributed by atoms with Gasteiger partial charge in [0.25, 0.3) is 11.6 Å². The van der Waals surface area contributed by atoms with Gasteiger partial charge in [-0.05, 0) is 56.7 Å². The minimum atomic E-state index is -0.754. The van der Waals surface area contributed by atoms with E-state index in [1.54, 1.807) is 18.5 Å². The van der Waals surface area contributed by atoms with Crippen molar-refractivity contribution in [3.63, 3.8) is 0 Å². The lowest BCUT2D eigenvalue weighted by Gasteiger charge is -2.27. The van der Waals surface area contributed by atoms with E-state index in [0.29, 0.717) is 54.0 Å². The zero-order valence-corrected chi connectivity index (χ0v) is 16.4. The Hall–Kier alpha value is -3.29. The van der Waals surface area contributed by atoms with E-state index >= 15 is 0 Å². The molecule has 0 unspecified atom stereocenters. The van der Waals surface area contributed by atoms with Gasteiger partial charge < -0.3 is 14.9 Å². The molecule has 0 aromatic carbocycles. The number of aromatic nitrogens is 3. The number of carboxylic acids is 1. The summed E-state index contributed by atoms with van der Waals surface area (Å²) in [6, 6.07) is 5.44. The van der Waals surface area contributed by atoms with Crippen LogP contribution in [0.4, 0.5) is 0 Å². The number of aliphatic carboxylic acids is 1. The van der Waals surface area contributed by atoms with Crippen LogP contribution in [0, 0.1) is 5.92 Å². The van der Waals surface area contributed by atoms with Crippen LogP contribution in [-0.4, -0.2) is 38.1 Å². The Labute approximate surface area is 172 Å². The lowest BCUT2D eigenvalue weighted by molar-refractivity contribution is -0.142. The second-order valence-electron chi connectivity index (χ2n) is 8.18. The van der Waals surface area contributed by atoms with E-state index < -0.39 is 5.97 Å². The second kappa shape index (κ2) is 7.51. The molecule has 2 N–H and O–H groups in total. The standard InChI is InChI=1S/C22H22N4O4/c27-20(24-15-7-5-13(6-8-15)22(28)29)16-10-17(14-2-1-9-23-11-14)25-21-18(16)19(26-30-21)12-3-4-12/h1-2,9-13,15H,3-8H2,(H,24,27)(H,28,29). The zero-order chi connectivity index (χ0) is 20.7. The van der Waals surface area contributed by atoms with Crippen LogP contribution in [0.25, 0.3) is 22.4 Å². The largest absolute Gasteiger partial charge is 0.481 e. The monoisotopic (exact) mass is 406 g/mol. The third-order valence-electron chi connectivity index (χ3n) is 6.05. The molecule has 0 spiro atoms. The molecule has 0 saturated heterocycles. The fourth-order valence-corrected chi connectivity index (χ4v) is 4.20. The molecule has 5 rings (SSSR count). The van der Waals surface area contributed by atoms with Crippen molar-refractivity contribution in [1.82, 2.24) is 20.4 Å². The quantitative estimate of drug-likeness (QED) is 0.665. The van der Waals surface area contributed by atoms with E-state index in [1.165, 1.54) is 0 Å². The van der Waals surface area contributed by atoms with Gasteiger partial charge in [0.05, 0.1) is 28.3 Å². The number of carboxylic acid groups (broad SMARTS) is 1. The molecule has 2 fully saturated rings. The van der Waals surface area contributed by atoms with Gasteiger partial charge in [0, 0.05) is 29.9 Å². The van der Waals surface area contributed by atoms with Crippen molar-refractivity contribution >= 4 is 23.0 Å². The third kappa shape index (κ3) is 3.53. The van der Waals surface area contributed by atoms with Crippen molar-refractivity contribution < 1.29 is 19.2 Å². The van der Waals surface area contributed by atoms with Crippen LogP contribution in [0.1, 0.15) is 60.5 Å². The summed E-state index contributed by atoms with van der Waals surface area (Å²) < 4.78 is 5.51. The summed E-state index contributed by atoms with van der Waals surface area (Å²) in [7, 11) is 0. The molecule has 0 radical (unpaired) electrons. The normalized spacial score (nSPS) is 21.5.